The Balaban J connectivity index is 1.44. The van der Waals surface area contributed by atoms with Crippen LogP contribution in [0.3, 0.4) is 0 Å². The highest BCUT2D eigenvalue weighted by Crippen LogP contribution is 2.20. The second-order valence-corrected chi connectivity index (χ2v) is 6.74. The summed E-state index contributed by atoms with van der Waals surface area (Å²) < 4.78 is 6.82. The minimum absolute atomic E-state index is 0.192. The van der Waals surface area contributed by atoms with Crippen molar-refractivity contribution in [2.24, 2.45) is 0 Å². The standard InChI is InChI=1S/C23H22N4O3/c1-2-30-17-9-7-16(8-10-17)20-11-12-22(28)27(26-20)14-13-24-23(29)19-15-25-21-6-4-3-5-18(19)21/h3-12,15,25H,2,13-14H2,1H3,(H,24,29). The van der Waals surface area contributed by atoms with Crippen LogP contribution in [0.5, 0.6) is 5.75 Å². The van der Waals surface area contributed by atoms with E-state index >= 15 is 0 Å². The molecular formula is C23H22N4O3. The molecule has 0 spiro atoms. The van der Waals surface area contributed by atoms with Crippen LogP contribution in [0.25, 0.3) is 22.2 Å². The van der Waals surface area contributed by atoms with Gasteiger partial charge in [-0.15, -0.1) is 0 Å². The Morgan fingerprint density at radius 1 is 1.10 bits per heavy atom. The number of H-pyrrole nitrogens is 1. The maximum absolute atomic E-state index is 12.5. The van der Waals surface area contributed by atoms with Crippen molar-refractivity contribution in [2.75, 3.05) is 13.2 Å². The summed E-state index contributed by atoms with van der Waals surface area (Å²) in [5.74, 6) is 0.595. The second kappa shape index (κ2) is 8.65. The van der Waals surface area contributed by atoms with Crippen molar-refractivity contribution in [2.45, 2.75) is 13.5 Å². The lowest BCUT2D eigenvalue weighted by Gasteiger charge is -2.09. The third-order valence-corrected chi connectivity index (χ3v) is 4.77. The number of benzene rings is 2. The molecule has 0 bridgehead atoms. The number of nitrogens with zero attached hydrogens (tertiary/aromatic N) is 2. The molecular weight excluding hydrogens is 380 g/mol. The van der Waals surface area contributed by atoms with Gasteiger partial charge in [-0.1, -0.05) is 18.2 Å². The van der Waals surface area contributed by atoms with Crippen molar-refractivity contribution in [3.05, 3.63) is 82.8 Å². The second-order valence-electron chi connectivity index (χ2n) is 6.74. The molecule has 0 aliphatic heterocycles. The highest BCUT2D eigenvalue weighted by atomic mass is 16.5. The number of fused-ring (bicyclic) bond motifs is 1. The normalized spacial score (nSPS) is 10.8. The SMILES string of the molecule is CCOc1ccc(-c2ccc(=O)n(CCNC(=O)c3c[nH]c4ccccc34)n2)cc1. The molecule has 1 amide bonds. The Morgan fingerprint density at radius 2 is 1.90 bits per heavy atom. The van der Waals surface area contributed by atoms with Gasteiger partial charge in [0.05, 0.1) is 24.4 Å². The van der Waals surface area contributed by atoms with E-state index in [0.717, 1.165) is 22.2 Å². The molecule has 4 rings (SSSR count). The molecule has 7 nitrogen and oxygen atoms in total. The van der Waals surface area contributed by atoms with E-state index < -0.39 is 0 Å². The number of aromatic amines is 1. The summed E-state index contributed by atoms with van der Waals surface area (Å²) in [5, 5.41) is 8.16. The lowest BCUT2D eigenvalue weighted by Crippen LogP contribution is -2.31. The molecule has 152 valence electrons. The quantitative estimate of drug-likeness (QED) is 0.497. The predicted octanol–water partition coefficient (Wildman–Crippen LogP) is 3.22. The first kappa shape index (κ1) is 19.4. The Morgan fingerprint density at radius 3 is 2.70 bits per heavy atom. The molecule has 2 aromatic heterocycles. The highest BCUT2D eigenvalue weighted by Gasteiger charge is 2.11. The zero-order chi connectivity index (χ0) is 20.9. The van der Waals surface area contributed by atoms with Crippen LogP contribution in [0.1, 0.15) is 17.3 Å². The van der Waals surface area contributed by atoms with Crippen LogP contribution in [0.15, 0.2) is 71.7 Å². The van der Waals surface area contributed by atoms with Crippen molar-refractivity contribution in [3.8, 4) is 17.0 Å². The Labute approximate surface area is 173 Å². The number of hydrogen-bond donors (Lipinski definition) is 2. The molecule has 0 aliphatic carbocycles. The molecule has 0 saturated carbocycles. The number of para-hydroxylation sites is 1. The van der Waals surface area contributed by atoms with Gasteiger partial charge in [0.1, 0.15) is 5.75 Å². The zero-order valence-corrected chi connectivity index (χ0v) is 16.6. The molecule has 2 heterocycles. The van der Waals surface area contributed by atoms with Gasteiger partial charge in [0, 0.05) is 35.3 Å². The molecule has 0 radical (unpaired) electrons. The minimum Gasteiger partial charge on any atom is -0.494 e. The van der Waals surface area contributed by atoms with Crippen molar-refractivity contribution in [1.29, 1.82) is 0 Å². The third-order valence-electron chi connectivity index (χ3n) is 4.77. The van der Waals surface area contributed by atoms with Crippen LogP contribution in [-0.4, -0.2) is 33.8 Å². The molecule has 7 heteroatoms. The number of ether oxygens (including phenoxy) is 1. The summed E-state index contributed by atoms with van der Waals surface area (Å²) in [6, 6.07) is 18.4. The minimum atomic E-state index is -0.217. The van der Waals surface area contributed by atoms with E-state index in [4.69, 9.17) is 4.74 Å². The van der Waals surface area contributed by atoms with Crippen LogP contribution in [0.4, 0.5) is 0 Å². The van der Waals surface area contributed by atoms with Crippen LogP contribution < -0.4 is 15.6 Å². The number of nitrogens with one attached hydrogen (secondary N) is 2. The molecule has 0 atom stereocenters. The Bertz CT molecular complexity index is 1230. The molecule has 30 heavy (non-hydrogen) atoms. The third kappa shape index (κ3) is 4.10. The van der Waals surface area contributed by atoms with E-state index in [0.29, 0.717) is 17.9 Å². The van der Waals surface area contributed by atoms with Gasteiger partial charge in [-0.2, -0.15) is 5.10 Å². The molecule has 0 fully saturated rings. The van der Waals surface area contributed by atoms with Crippen molar-refractivity contribution >= 4 is 16.8 Å². The lowest BCUT2D eigenvalue weighted by molar-refractivity contribution is 0.0953. The average Bonchev–Trinajstić information content (AvgIpc) is 3.20. The van der Waals surface area contributed by atoms with E-state index in [9.17, 15) is 9.59 Å². The highest BCUT2D eigenvalue weighted by molar-refractivity contribution is 6.06. The van der Waals surface area contributed by atoms with E-state index in [1.807, 2.05) is 55.5 Å². The zero-order valence-electron chi connectivity index (χ0n) is 16.6. The first-order chi connectivity index (χ1) is 14.7. The largest absolute Gasteiger partial charge is 0.494 e. The van der Waals surface area contributed by atoms with Gasteiger partial charge in [-0.05, 0) is 43.3 Å². The fraction of sp³-hybridized carbons (Fsp3) is 0.174. The van der Waals surface area contributed by atoms with E-state index in [-0.39, 0.29) is 24.6 Å². The molecule has 0 aliphatic rings. The van der Waals surface area contributed by atoms with Crippen molar-refractivity contribution in [3.63, 3.8) is 0 Å². The van der Waals surface area contributed by atoms with Gasteiger partial charge in [-0.3, -0.25) is 9.59 Å². The average molecular weight is 402 g/mol. The van der Waals surface area contributed by atoms with Gasteiger partial charge in [-0.25, -0.2) is 4.68 Å². The van der Waals surface area contributed by atoms with Crippen LogP contribution in [-0.2, 0) is 6.54 Å². The number of hydrogen-bond acceptors (Lipinski definition) is 4. The molecule has 2 N–H and O–H groups in total. The van der Waals surface area contributed by atoms with Gasteiger partial charge in [0.15, 0.2) is 0 Å². The Kier molecular flexibility index (Phi) is 5.61. The number of carbonyl (C=O) groups excluding carboxylic acids is 1. The Hall–Kier alpha value is -3.87. The number of aromatic nitrogens is 3. The van der Waals surface area contributed by atoms with Crippen molar-refractivity contribution < 1.29 is 9.53 Å². The predicted molar refractivity (Wildman–Crippen MR) is 116 cm³/mol. The van der Waals surface area contributed by atoms with Crippen LogP contribution >= 0.6 is 0 Å². The van der Waals surface area contributed by atoms with Gasteiger partial charge in [0.2, 0.25) is 0 Å². The summed E-state index contributed by atoms with van der Waals surface area (Å²) in [4.78, 5) is 27.8. The molecule has 0 unspecified atom stereocenters. The van der Waals surface area contributed by atoms with Gasteiger partial charge < -0.3 is 15.0 Å². The molecule has 0 saturated heterocycles. The summed E-state index contributed by atoms with van der Waals surface area (Å²) >= 11 is 0. The summed E-state index contributed by atoms with van der Waals surface area (Å²) in [5.41, 5.74) is 2.83. The monoisotopic (exact) mass is 402 g/mol. The smallest absolute Gasteiger partial charge is 0.266 e. The first-order valence-electron chi connectivity index (χ1n) is 9.81. The van der Waals surface area contributed by atoms with Crippen LogP contribution in [0.2, 0.25) is 0 Å². The molecule has 4 aromatic rings. The van der Waals surface area contributed by atoms with Crippen LogP contribution in [0, 0.1) is 0 Å². The lowest BCUT2D eigenvalue weighted by atomic mass is 10.1. The summed E-state index contributed by atoms with van der Waals surface area (Å²) in [6.07, 6.45) is 1.69. The topological polar surface area (TPSA) is 89.0 Å². The number of amides is 1. The van der Waals surface area contributed by atoms with Gasteiger partial charge in [0.25, 0.3) is 11.5 Å². The van der Waals surface area contributed by atoms with Crippen molar-refractivity contribution in [1.82, 2.24) is 20.1 Å². The summed E-state index contributed by atoms with van der Waals surface area (Å²) in [6.45, 7) is 3.10. The number of carbonyl (C=O) groups is 1. The maximum atomic E-state index is 12.5. The molecule has 2 aromatic carbocycles. The number of rotatable bonds is 7. The summed E-state index contributed by atoms with van der Waals surface area (Å²) in [7, 11) is 0. The first-order valence-corrected chi connectivity index (χ1v) is 9.81. The van der Waals surface area contributed by atoms with E-state index in [1.165, 1.54) is 10.7 Å². The maximum Gasteiger partial charge on any atom is 0.266 e. The fourth-order valence-electron chi connectivity index (χ4n) is 3.28. The van der Waals surface area contributed by atoms with E-state index in [1.54, 1.807) is 12.3 Å². The van der Waals surface area contributed by atoms with Gasteiger partial charge >= 0.3 is 0 Å². The van der Waals surface area contributed by atoms with E-state index in [2.05, 4.69) is 15.4 Å². The fourth-order valence-corrected chi connectivity index (χ4v) is 3.28.